The van der Waals surface area contributed by atoms with Gasteiger partial charge in [-0.15, -0.1) is 0 Å². The topological polar surface area (TPSA) is 94.5 Å². The van der Waals surface area contributed by atoms with E-state index in [9.17, 15) is 9.59 Å². The van der Waals surface area contributed by atoms with Crippen molar-refractivity contribution < 1.29 is 19.1 Å². The number of benzene rings is 1. The SMILES string of the molecule is COc1ccc(NC(=O)NCc2ccnc3c2ccn3C(C)=O)cc1OCCCC(C)C. The second-order valence-corrected chi connectivity index (χ2v) is 7.97. The Morgan fingerprint density at radius 3 is 2.69 bits per heavy atom. The van der Waals surface area contributed by atoms with Crippen LogP contribution in [0.5, 0.6) is 11.5 Å². The molecule has 8 nitrogen and oxygen atoms in total. The summed E-state index contributed by atoms with van der Waals surface area (Å²) in [6.07, 6.45) is 5.35. The van der Waals surface area contributed by atoms with Crippen LogP contribution in [0.3, 0.4) is 0 Å². The molecule has 0 atom stereocenters. The average molecular weight is 439 g/mol. The molecule has 3 rings (SSSR count). The van der Waals surface area contributed by atoms with Crippen LogP contribution >= 0.6 is 0 Å². The van der Waals surface area contributed by atoms with Crippen LogP contribution in [-0.4, -0.2) is 35.2 Å². The van der Waals surface area contributed by atoms with E-state index in [1.807, 2.05) is 12.1 Å². The van der Waals surface area contributed by atoms with E-state index >= 15 is 0 Å². The zero-order valence-corrected chi connectivity index (χ0v) is 19.0. The number of fused-ring (bicyclic) bond motifs is 1. The van der Waals surface area contributed by atoms with Gasteiger partial charge in [-0.25, -0.2) is 9.78 Å². The van der Waals surface area contributed by atoms with Crippen molar-refractivity contribution in [3.05, 3.63) is 48.3 Å². The standard InChI is InChI=1S/C24H30N4O4/c1-16(2)6-5-13-32-22-14-19(7-8-21(22)31-4)27-24(30)26-15-18-9-11-25-23-20(18)10-12-28(23)17(3)29/h7-12,14,16H,5-6,13,15H2,1-4H3,(H2,26,27,30). The summed E-state index contributed by atoms with van der Waals surface area (Å²) in [5, 5.41) is 6.49. The minimum Gasteiger partial charge on any atom is -0.493 e. The number of hydrogen-bond acceptors (Lipinski definition) is 5. The molecule has 8 heteroatoms. The van der Waals surface area contributed by atoms with E-state index in [1.165, 1.54) is 11.5 Å². The predicted molar refractivity (Wildman–Crippen MR) is 124 cm³/mol. The Morgan fingerprint density at radius 2 is 1.97 bits per heavy atom. The Hall–Kier alpha value is -3.55. The third-order valence-electron chi connectivity index (χ3n) is 5.06. The molecule has 2 aromatic heterocycles. The molecule has 0 aliphatic heterocycles. The second kappa shape index (κ2) is 10.7. The number of hydrogen-bond donors (Lipinski definition) is 2. The van der Waals surface area contributed by atoms with Crippen LogP contribution in [0, 0.1) is 5.92 Å². The van der Waals surface area contributed by atoms with Crippen LogP contribution < -0.4 is 20.1 Å². The van der Waals surface area contributed by atoms with Crippen LogP contribution in [0.1, 0.15) is 44.0 Å². The number of nitrogens with one attached hydrogen (secondary N) is 2. The number of urea groups is 1. The fraction of sp³-hybridized carbons (Fsp3) is 0.375. The lowest BCUT2D eigenvalue weighted by Gasteiger charge is -2.14. The zero-order chi connectivity index (χ0) is 23.1. The van der Waals surface area contributed by atoms with Gasteiger partial charge in [0.2, 0.25) is 5.91 Å². The summed E-state index contributed by atoms with van der Waals surface area (Å²) in [7, 11) is 1.59. The lowest BCUT2D eigenvalue weighted by atomic mass is 10.1. The number of amides is 2. The molecule has 32 heavy (non-hydrogen) atoms. The number of carbonyl (C=O) groups excluding carboxylic acids is 2. The first-order chi connectivity index (χ1) is 15.4. The van der Waals surface area contributed by atoms with Crippen molar-refractivity contribution in [1.29, 1.82) is 0 Å². The molecule has 0 aliphatic carbocycles. The summed E-state index contributed by atoms with van der Waals surface area (Å²) in [6, 6.07) is 8.58. The third-order valence-corrected chi connectivity index (χ3v) is 5.06. The molecule has 0 unspecified atom stereocenters. The molecular formula is C24H30N4O4. The average Bonchev–Trinajstić information content (AvgIpc) is 3.20. The summed E-state index contributed by atoms with van der Waals surface area (Å²) in [6.45, 7) is 6.72. The maximum absolute atomic E-state index is 12.5. The third kappa shape index (κ3) is 5.78. The first kappa shape index (κ1) is 23.1. The van der Waals surface area contributed by atoms with Gasteiger partial charge in [0.25, 0.3) is 0 Å². The highest BCUT2D eigenvalue weighted by Crippen LogP contribution is 2.30. The monoisotopic (exact) mass is 438 g/mol. The van der Waals surface area contributed by atoms with Crippen molar-refractivity contribution in [3.8, 4) is 11.5 Å². The fourth-order valence-corrected chi connectivity index (χ4v) is 3.39. The molecule has 0 radical (unpaired) electrons. The van der Waals surface area contributed by atoms with Crippen LogP contribution in [0.15, 0.2) is 42.7 Å². The molecule has 170 valence electrons. The minimum absolute atomic E-state index is 0.114. The van der Waals surface area contributed by atoms with Gasteiger partial charge in [-0.2, -0.15) is 0 Å². The van der Waals surface area contributed by atoms with Crippen LogP contribution in [0.4, 0.5) is 10.5 Å². The molecule has 0 spiro atoms. The largest absolute Gasteiger partial charge is 0.493 e. The molecule has 1 aromatic carbocycles. The zero-order valence-electron chi connectivity index (χ0n) is 19.0. The number of pyridine rings is 1. The van der Waals surface area contributed by atoms with E-state index in [1.54, 1.807) is 37.7 Å². The van der Waals surface area contributed by atoms with Gasteiger partial charge in [0, 0.05) is 43.0 Å². The second-order valence-electron chi connectivity index (χ2n) is 7.97. The number of methoxy groups -OCH3 is 1. The lowest BCUT2D eigenvalue weighted by molar-refractivity contribution is 0.0941. The normalized spacial score (nSPS) is 10.9. The van der Waals surface area contributed by atoms with Gasteiger partial charge in [-0.3, -0.25) is 9.36 Å². The van der Waals surface area contributed by atoms with Gasteiger partial charge in [0.15, 0.2) is 11.5 Å². The summed E-state index contributed by atoms with van der Waals surface area (Å²) < 4.78 is 12.7. The highest BCUT2D eigenvalue weighted by atomic mass is 16.5. The van der Waals surface area contributed by atoms with Crippen LogP contribution in [0.2, 0.25) is 0 Å². The van der Waals surface area contributed by atoms with Crippen molar-refractivity contribution in [2.24, 2.45) is 5.92 Å². The fourth-order valence-electron chi connectivity index (χ4n) is 3.39. The van der Waals surface area contributed by atoms with E-state index in [4.69, 9.17) is 9.47 Å². The molecule has 0 saturated heterocycles. The van der Waals surface area contributed by atoms with E-state index in [-0.39, 0.29) is 11.9 Å². The Kier molecular flexibility index (Phi) is 7.70. The van der Waals surface area contributed by atoms with E-state index in [0.29, 0.717) is 41.9 Å². The van der Waals surface area contributed by atoms with Crippen LogP contribution in [0.25, 0.3) is 11.0 Å². The van der Waals surface area contributed by atoms with Gasteiger partial charge >= 0.3 is 6.03 Å². The van der Waals surface area contributed by atoms with E-state index < -0.39 is 0 Å². The number of anilines is 1. The number of ether oxygens (including phenoxy) is 2. The van der Waals surface area contributed by atoms with E-state index in [2.05, 4.69) is 29.5 Å². The number of aromatic nitrogens is 2. The van der Waals surface area contributed by atoms with Gasteiger partial charge in [-0.05, 0) is 48.6 Å². The van der Waals surface area contributed by atoms with Crippen molar-refractivity contribution in [2.45, 2.75) is 40.2 Å². The van der Waals surface area contributed by atoms with Crippen molar-refractivity contribution in [1.82, 2.24) is 14.9 Å². The molecule has 0 bridgehead atoms. The Balaban J connectivity index is 1.62. The Labute approximate surface area is 187 Å². The summed E-state index contributed by atoms with van der Waals surface area (Å²) in [4.78, 5) is 28.5. The van der Waals surface area contributed by atoms with Crippen LogP contribution in [-0.2, 0) is 6.54 Å². The first-order valence-corrected chi connectivity index (χ1v) is 10.7. The highest BCUT2D eigenvalue weighted by Gasteiger charge is 2.12. The lowest BCUT2D eigenvalue weighted by Crippen LogP contribution is -2.28. The summed E-state index contributed by atoms with van der Waals surface area (Å²) in [5.41, 5.74) is 2.05. The van der Waals surface area contributed by atoms with Crippen molar-refractivity contribution in [3.63, 3.8) is 0 Å². The van der Waals surface area contributed by atoms with Gasteiger partial charge in [0.1, 0.15) is 5.65 Å². The number of carbonyl (C=O) groups is 2. The maximum atomic E-state index is 12.5. The minimum atomic E-state index is -0.350. The molecule has 2 heterocycles. The Bertz CT molecular complexity index is 1090. The molecular weight excluding hydrogens is 408 g/mol. The summed E-state index contributed by atoms with van der Waals surface area (Å²) >= 11 is 0. The van der Waals surface area contributed by atoms with Gasteiger partial charge < -0.3 is 20.1 Å². The summed E-state index contributed by atoms with van der Waals surface area (Å²) in [5.74, 6) is 1.72. The smallest absolute Gasteiger partial charge is 0.319 e. The Morgan fingerprint density at radius 1 is 1.16 bits per heavy atom. The van der Waals surface area contributed by atoms with Gasteiger partial charge in [-0.1, -0.05) is 13.8 Å². The number of nitrogens with zero attached hydrogens (tertiary/aromatic N) is 2. The first-order valence-electron chi connectivity index (χ1n) is 10.7. The van der Waals surface area contributed by atoms with E-state index in [0.717, 1.165) is 23.8 Å². The van der Waals surface area contributed by atoms with Crippen molar-refractivity contribution >= 4 is 28.7 Å². The molecule has 3 aromatic rings. The molecule has 2 amide bonds. The predicted octanol–water partition coefficient (Wildman–Crippen LogP) is 4.84. The maximum Gasteiger partial charge on any atom is 0.319 e. The van der Waals surface area contributed by atoms with Crippen molar-refractivity contribution in [2.75, 3.05) is 19.0 Å². The highest BCUT2D eigenvalue weighted by molar-refractivity contribution is 5.92. The molecule has 0 saturated carbocycles. The number of rotatable bonds is 9. The van der Waals surface area contributed by atoms with Gasteiger partial charge in [0.05, 0.1) is 13.7 Å². The quantitative estimate of drug-likeness (QED) is 0.466. The molecule has 0 aliphatic rings. The molecule has 0 fully saturated rings. The molecule has 2 N–H and O–H groups in total.